The van der Waals surface area contributed by atoms with Crippen LogP contribution in [0.15, 0.2) is 53.7 Å². The number of piperazine rings is 1. The normalized spacial score (nSPS) is 15.1. The molecule has 4 rings (SSSR count). The summed E-state index contributed by atoms with van der Waals surface area (Å²) in [4.78, 5) is 20.8. The molecule has 1 saturated heterocycles. The molecule has 3 aromatic rings. The van der Waals surface area contributed by atoms with Gasteiger partial charge in [-0.3, -0.25) is 4.79 Å². The van der Waals surface area contributed by atoms with Crippen molar-refractivity contribution >= 4 is 34.4 Å². The number of hydrogen-bond acceptors (Lipinski definition) is 4. The van der Waals surface area contributed by atoms with Crippen LogP contribution in [0.1, 0.15) is 5.56 Å². The van der Waals surface area contributed by atoms with Crippen molar-refractivity contribution in [2.24, 2.45) is 7.05 Å². The largest absolute Gasteiger partial charge is 0.416 e. The zero-order chi connectivity index (χ0) is 21.3. The molecule has 0 radical (unpaired) electrons. The lowest BCUT2D eigenvalue weighted by Crippen LogP contribution is -2.49. The van der Waals surface area contributed by atoms with Gasteiger partial charge in [-0.25, -0.2) is 4.98 Å². The number of anilines is 1. The van der Waals surface area contributed by atoms with Crippen molar-refractivity contribution in [1.29, 1.82) is 0 Å². The van der Waals surface area contributed by atoms with Crippen LogP contribution in [-0.2, 0) is 18.0 Å². The second kappa shape index (κ2) is 8.22. The van der Waals surface area contributed by atoms with Gasteiger partial charge in [-0.1, -0.05) is 30.0 Å². The quantitative estimate of drug-likeness (QED) is 0.582. The van der Waals surface area contributed by atoms with E-state index in [1.165, 1.54) is 23.9 Å². The molecule has 0 bridgehead atoms. The molecule has 5 nitrogen and oxygen atoms in total. The molecule has 0 atom stereocenters. The molecule has 0 aliphatic carbocycles. The highest BCUT2D eigenvalue weighted by Gasteiger charge is 2.31. The number of amides is 1. The number of para-hydroxylation sites is 2. The van der Waals surface area contributed by atoms with E-state index in [1.54, 1.807) is 11.0 Å². The summed E-state index contributed by atoms with van der Waals surface area (Å²) in [5, 5.41) is 0.784. The van der Waals surface area contributed by atoms with Gasteiger partial charge >= 0.3 is 6.18 Å². The van der Waals surface area contributed by atoms with Crippen molar-refractivity contribution < 1.29 is 18.0 Å². The number of nitrogens with zero attached hydrogens (tertiary/aromatic N) is 4. The summed E-state index contributed by atoms with van der Waals surface area (Å²) >= 11 is 1.40. The van der Waals surface area contributed by atoms with E-state index in [4.69, 9.17) is 0 Å². The van der Waals surface area contributed by atoms with E-state index in [-0.39, 0.29) is 11.7 Å². The molecular formula is C21H21F3N4OS. The third kappa shape index (κ3) is 4.26. The van der Waals surface area contributed by atoms with Crippen molar-refractivity contribution in [1.82, 2.24) is 14.5 Å². The first kappa shape index (κ1) is 20.6. The number of aromatic nitrogens is 2. The molecule has 0 saturated carbocycles. The Labute approximate surface area is 176 Å². The minimum atomic E-state index is -4.36. The van der Waals surface area contributed by atoms with Crippen molar-refractivity contribution in [3.05, 3.63) is 54.1 Å². The molecule has 9 heteroatoms. The standard InChI is InChI=1S/C21H21F3N4OS/c1-26-18-8-3-2-7-17(18)25-20(26)30-14-19(29)28-11-9-27(10-12-28)16-6-4-5-15(13-16)21(22,23)24/h2-8,13H,9-12,14H2,1H3. The Bertz CT molecular complexity index is 1060. The lowest BCUT2D eigenvalue weighted by Gasteiger charge is -2.36. The molecule has 0 unspecified atom stereocenters. The van der Waals surface area contributed by atoms with E-state index >= 15 is 0 Å². The van der Waals surface area contributed by atoms with Crippen LogP contribution in [0.5, 0.6) is 0 Å². The Kier molecular flexibility index (Phi) is 5.64. The Hall–Kier alpha value is -2.68. The predicted molar refractivity (Wildman–Crippen MR) is 112 cm³/mol. The van der Waals surface area contributed by atoms with Gasteiger partial charge in [0.1, 0.15) is 0 Å². The smallest absolute Gasteiger partial charge is 0.368 e. The highest BCUT2D eigenvalue weighted by Crippen LogP contribution is 2.32. The van der Waals surface area contributed by atoms with Gasteiger partial charge in [0, 0.05) is 38.9 Å². The molecule has 0 N–H and O–H groups in total. The summed E-state index contributed by atoms with van der Waals surface area (Å²) in [5.41, 5.74) is 1.79. The van der Waals surface area contributed by atoms with Crippen molar-refractivity contribution in [2.75, 3.05) is 36.8 Å². The van der Waals surface area contributed by atoms with Gasteiger partial charge in [0.2, 0.25) is 5.91 Å². The molecule has 1 aromatic heterocycles. The monoisotopic (exact) mass is 434 g/mol. The van der Waals surface area contributed by atoms with Crippen LogP contribution in [0.2, 0.25) is 0 Å². The van der Waals surface area contributed by atoms with Gasteiger partial charge in [-0.15, -0.1) is 0 Å². The Morgan fingerprint density at radius 3 is 2.50 bits per heavy atom. The summed E-state index contributed by atoms with van der Waals surface area (Å²) in [6.07, 6.45) is -4.36. The van der Waals surface area contributed by atoms with Crippen LogP contribution in [-0.4, -0.2) is 52.3 Å². The minimum absolute atomic E-state index is 0.00995. The number of carbonyl (C=O) groups is 1. The summed E-state index contributed by atoms with van der Waals surface area (Å²) in [5.74, 6) is 0.288. The van der Waals surface area contributed by atoms with Crippen molar-refractivity contribution in [3.8, 4) is 0 Å². The molecule has 0 spiro atoms. The predicted octanol–water partition coefficient (Wildman–Crippen LogP) is 4.03. The Morgan fingerprint density at radius 1 is 1.07 bits per heavy atom. The van der Waals surface area contributed by atoms with Gasteiger partial charge in [0.15, 0.2) is 5.16 Å². The zero-order valence-corrected chi connectivity index (χ0v) is 17.2. The maximum Gasteiger partial charge on any atom is 0.416 e. The molecule has 2 aromatic carbocycles. The summed E-state index contributed by atoms with van der Waals surface area (Å²) in [7, 11) is 1.93. The lowest BCUT2D eigenvalue weighted by molar-refractivity contribution is -0.137. The molecule has 2 heterocycles. The minimum Gasteiger partial charge on any atom is -0.368 e. The lowest BCUT2D eigenvalue weighted by atomic mass is 10.1. The molecule has 158 valence electrons. The van der Waals surface area contributed by atoms with E-state index in [0.717, 1.165) is 22.3 Å². The third-order valence-electron chi connectivity index (χ3n) is 5.24. The first-order chi connectivity index (χ1) is 14.3. The molecule has 1 aliphatic rings. The second-order valence-corrected chi connectivity index (χ2v) is 8.09. The molecule has 30 heavy (non-hydrogen) atoms. The summed E-state index contributed by atoms with van der Waals surface area (Å²) in [6.45, 7) is 1.98. The number of thioether (sulfide) groups is 1. The van der Waals surface area contributed by atoms with Gasteiger partial charge in [-0.05, 0) is 30.3 Å². The van der Waals surface area contributed by atoms with Crippen LogP contribution in [0.4, 0.5) is 18.9 Å². The number of benzene rings is 2. The first-order valence-electron chi connectivity index (χ1n) is 9.57. The summed E-state index contributed by atoms with van der Waals surface area (Å²) < 4.78 is 40.8. The molecule has 1 aliphatic heterocycles. The molecular weight excluding hydrogens is 413 g/mol. The fourth-order valence-electron chi connectivity index (χ4n) is 3.56. The molecule has 1 fully saturated rings. The van der Waals surface area contributed by atoms with Gasteiger partial charge in [0.05, 0.1) is 22.3 Å². The van der Waals surface area contributed by atoms with Crippen molar-refractivity contribution in [3.63, 3.8) is 0 Å². The first-order valence-corrected chi connectivity index (χ1v) is 10.6. The number of rotatable bonds is 4. The zero-order valence-electron chi connectivity index (χ0n) is 16.4. The number of hydrogen-bond donors (Lipinski definition) is 0. The average molecular weight is 434 g/mol. The van der Waals surface area contributed by atoms with E-state index in [2.05, 4.69) is 4.98 Å². The highest BCUT2D eigenvalue weighted by atomic mass is 32.2. The maximum atomic E-state index is 12.9. The fourth-order valence-corrected chi connectivity index (χ4v) is 4.45. The van der Waals surface area contributed by atoms with Crippen LogP contribution in [0.3, 0.4) is 0 Å². The number of halogens is 3. The van der Waals surface area contributed by atoms with Crippen LogP contribution < -0.4 is 4.90 Å². The van der Waals surface area contributed by atoms with Crippen LogP contribution in [0, 0.1) is 0 Å². The highest BCUT2D eigenvalue weighted by molar-refractivity contribution is 7.99. The van der Waals surface area contributed by atoms with E-state index in [1.807, 2.05) is 40.8 Å². The number of carbonyl (C=O) groups excluding carboxylic acids is 1. The number of alkyl halides is 3. The van der Waals surface area contributed by atoms with Crippen LogP contribution >= 0.6 is 11.8 Å². The maximum absolute atomic E-state index is 12.9. The van der Waals surface area contributed by atoms with Gasteiger partial charge in [0.25, 0.3) is 0 Å². The van der Waals surface area contributed by atoms with Crippen LogP contribution in [0.25, 0.3) is 11.0 Å². The number of fused-ring (bicyclic) bond motifs is 1. The van der Waals surface area contributed by atoms with E-state index in [0.29, 0.717) is 31.9 Å². The van der Waals surface area contributed by atoms with E-state index < -0.39 is 11.7 Å². The van der Waals surface area contributed by atoms with Gasteiger partial charge < -0.3 is 14.4 Å². The fraction of sp³-hybridized carbons (Fsp3) is 0.333. The topological polar surface area (TPSA) is 41.4 Å². The summed E-state index contributed by atoms with van der Waals surface area (Å²) in [6, 6.07) is 13.1. The van der Waals surface area contributed by atoms with E-state index in [9.17, 15) is 18.0 Å². The van der Waals surface area contributed by atoms with Gasteiger partial charge in [-0.2, -0.15) is 13.2 Å². The SMILES string of the molecule is Cn1c(SCC(=O)N2CCN(c3cccc(C(F)(F)F)c3)CC2)nc2ccccc21. The molecule has 1 amide bonds. The second-order valence-electron chi connectivity index (χ2n) is 7.15. The Balaban J connectivity index is 1.34. The third-order valence-corrected chi connectivity index (χ3v) is 6.26. The Morgan fingerprint density at radius 2 is 1.80 bits per heavy atom. The average Bonchev–Trinajstić information content (AvgIpc) is 3.07. The van der Waals surface area contributed by atoms with Crippen molar-refractivity contribution in [2.45, 2.75) is 11.3 Å². The number of aryl methyl sites for hydroxylation is 1. The number of imidazole rings is 1.